The molecular formula is C10H20O4. The predicted octanol–water partition coefficient (Wildman–Crippen LogP) is 1.93. The normalized spacial score (nSPS) is 9.29. The topological polar surface area (TPSA) is 63.6 Å². The minimum absolute atomic E-state index is 0.275. The monoisotopic (exact) mass is 204 g/mol. The predicted molar refractivity (Wildman–Crippen MR) is 53.9 cm³/mol. The van der Waals surface area contributed by atoms with E-state index in [0.717, 1.165) is 0 Å². The second-order valence-electron chi connectivity index (χ2n) is 3.82. The first kappa shape index (κ1) is 15.4. The molecule has 0 aromatic heterocycles. The van der Waals surface area contributed by atoms with E-state index >= 15 is 0 Å². The summed E-state index contributed by atoms with van der Waals surface area (Å²) in [6.45, 7) is 8.75. The van der Waals surface area contributed by atoms with E-state index in [-0.39, 0.29) is 12.3 Å². The molecule has 0 bridgehead atoms. The Balaban J connectivity index is 0. The summed E-state index contributed by atoms with van der Waals surface area (Å²) >= 11 is 0. The van der Waals surface area contributed by atoms with Crippen molar-refractivity contribution in [1.82, 2.24) is 0 Å². The molecule has 4 heteroatoms. The molecule has 14 heavy (non-hydrogen) atoms. The quantitative estimate of drug-likeness (QED) is 0.695. The molecular weight excluding hydrogens is 184 g/mol. The van der Waals surface area contributed by atoms with Crippen molar-refractivity contribution in [3.63, 3.8) is 0 Å². The SMILES string of the molecule is CC(C)CC(=O)O.CC(C)COC=O. The van der Waals surface area contributed by atoms with Crippen LogP contribution in [-0.4, -0.2) is 24.2 Å². The number of carboxylic acid groups (broad SMARTS) is 1. The Morgan fingerprint density at radius 2 is 1.79 bits per heavy atom. The molecule has 0 aromatic carbocycles. The molecule has 0 amide bonds. The van der Waals surface area contributed by atoms with Crippen LogP contribution in [0.2, 0.25) is 0 Å². The Hall–Kier alpha value is -1.06. The Kier molecular flexibility index (Phi) is 11.0. The molecule has 4 nitrogen and oxygen atoms in total. The number of hydrogen-bond acceptors (Lipinski definition) is 3. The van der Waals surface area contributed by atoms with Crippen molar-refractivity contribution < 1.29 is 19.4 Å². The minimum atomic E-state index is -0.713. The Morgan fingerprint density at radius 1 is 1.29 bits per heavy atom. The lowest BCUT2D eigenvalue weighted by atomic mass is 10.1. The van der Waals surface area contributed by atoms with Gasteiger partial charge in [-0.2, -0.15) is 0 Å². The van der Waals surface area contributed by atoms with E-state index in [1.807, 2.05) is 27.7 Å². The van der Waals surface area contributed by atoms with Gasteiger partial charge in [-0.1, -0.05) is 27.7 Å². The van der Waals surface area contributed by atoms with Crippen LogP contribution >= 0.6 is 0 Å². The van der Waals surface area contributed by atoms with Gasteiger partial charge in [-0.05, 0) is 11.8 Å². The highest BCUT2D eigenvalue weighted by Gasteiger charge is 1.98. The molecule has 0 fully saturated rings. The van der Waals surface area contributed by atoms with Crippen molar-refractivity contribution in [2.24, 2.45) is 11.8 Å². The fraction of sp³-hybridized carbons (Fsp3) is 0.800. The number of rotatable bonds is 5. The molecule has 0 unspecified atom stereocenters. The summed E-state index contributed by atoms with van der Waals surface area (Å²) in [5.41, 5.74) is 0. The highest BCUT2D eigenvalue weighted by atomic mass is 16.5. The summed E-state index contributed by atoms with van der Waals surface area (Å²) in [5, 5.41) is 8.08. The molecule has 0 heterocycles. The molecule has 0 atom stereocenters. The van der Waals surface area contributed by atoms with Gasteiger partial charge in [0.15, 0.2) is 0 Å². The van der Waals surface area contributed by atoms with Gasteiger partial charge in [0.1, 0.15) is 0 Å². The van der Waals surface area contributed by atoms with Gasteiger partial charge >= 0.3 is 5.97 Å². The van der Waals surface area contributed by atoms with E-state index in [9.17, 15) is 9.59 Å². The minimum Gasteiger partial charge on any atom is -0.481 e. The molecule has 0 spiro atoms. The maximum Gasteiger partial charge on any atom is 0.303 e. The number of hydrogen-bond donors (Lipinski definition) is 1. The van der Waals surface area contributed by atoms with Gasteiger partial charge in [-0.3, -0.25) is 9.59 Å². The smallest absolute Gasteiger partial charge is 0.303 e. The van der Waals surface area contributed by atoms with Crippen LogP contribution in [0.1, 0.15) is 34.1 Å². The first-order valence-corrected chi connectivity index (χ1v) is 4.67. The van der Waals surface area contributed by atoms with E-state index in [0.29, 0.717) is 19.0 Å². The molecule has 84 valence electrons. The number of carbonyl (C=O) groups excluding carboxylic acids is 1. The average Bonchev–Trinajstić information content (AvgIpc) is 1.99. The van der Waals surface area contributed by atoms with Gasteiger partial charge in [0.25, 0.3) is 6.47 Å². The van der Waals surface area contributed by atoms with Gasteiger partial charge in [0.2, 0.25) is 0 Å². The van der Waals surface area contributed by atoms with E-state index in [1.54, 1.807) is 0 Å². The van der Waals surface area contributed by atoms with Gasteiger partial charge in [-0.15, -0.1) is 0 Å². The van der Waals surface area contributed by atoms with Gasteiger partial charge in [0, 0.05) is 6.42 Å². The zero-order valence-electron chi connectivity index (χ0n) is 9.32. The van der Waals surface area contributed by atoms with Crippen molar-refractivity contribution >= 4 is 12.4 Å². The van der Waals surface area contributed by atoms with Crippen molar-refractivity contribution in [2.45, 2.75) is 34.1 Å². The van der Waals surface area contributed by atoms with Crippen LogP contribution in [-0.2, 0) is 14.3 Å². The first-order chi connectivity index (χ1) is 6.40. The zero-order valence-corrected chi connectivity index (χ0v) is 9.32. The van der Waals surface area contributed by atoms with Crippen molar-refractivity contribution in [3.05, 3.63) is 0 Å². The highest BCUT2D eigenvalue weighted by molar-refractivity contribution is 5.66. The van der Waals surface area contributed by atoms with Gasteiger partial charge in [0.05, 0.1) is 6.61 Å². The van der Waals surface area contributed by atoms with Crippen molar-refractivity contribution in [1.29, 1.82) is 0 Å². The van der Waals surface area contributed by atoms with Crippen LogP contribution in [0, 0.1) is 11.8 Å². The van der Waals surface area contributed by atoms with E-state index in [1.165, 1.54) is 0 Å². The first-order valence-electron chi connectivity index (χ1n) is 4.67. The third kappa shape index (κ3) is 22.4. The maximum atomic E-state index is 9.81. The molecule has 0 aromatic rings. The van der Waals surface area contributed by atoms with Crippen molar-refractivity contribution in [2.75, 3.05) is 6.61 Å². The summed E-state index contributed by atoms with van der Waals surface area (Å²) in [4.78, 5) is 19.3. The third-order valence-electron chi connectivity index (χ3n) is 1.08. The molecule has 0 saturated carbocycles. The number of carbonyl (C=O) groups is 2. The Labute approximate surface area is 85.3 Å². The standard InChI is InChI=1S/2C5H10O2/c1-5(2)3-7-4-6;1-4(2)3-5(6)7/h4-5H,3H2,1-2H3;4H,3H2,1-2H3,(H,6,7). The summed E-state index contributed by atoms with van der Waals surface area (Å²) < 4.78 is 4.41. The molecule has 0 radical (unpaired) electrons. The number of carboxylic acids is 1. The van der Waals surface area contributed by atoms with E-state index < -0.39 is 5.97 Å². The van der Waals surface area contributed by atoms with Crippen LogP contribution in [0.4, 0.5) is 0 Å². The molecule has 1 N–H and O–H groups in total. The lowest BCUT2D eigenvalue weighted by Gasteiger charge is -1.98. The Morgan fingerprint density at radius 3 is 1.86 bits per heavy atom. The summed E-state index contributed by atoms with van der Waals surface area (Å²) in [6.07, 6.45) is 0.278. The largest absolute Gasteiger partial charge is 0.481 e. The molecule has 0 aliphatic carbocycles. The zero-order chi connectivity index (χ0) is 11.6. The van der Waals surface area contributed by atoms with Crippen LogP contribution in [0.3, 0.4) is 0 Å². The number of aliphatic carboxylic acids is 1. The highest BCUT2D eigenvalue weighted by Crippen LogP contribution is 1.96. The number of ether oxygens (including phenoxy) is 1. The van der Waals surface area contributed by atoms with Crippen LogP contribution in [0.25, 0.3) is 0 Å². The maximum absolute atomic E-state index is 9.81. The molecule has 0 aliphatic rings. The molecule has 0 saturated heterocycles. The van der Waals surface area contributed by atoms with Crippen LogP contribution in [0.15, 0.2) is 0 Å². The molecule has 0 rings (SSSR count). The summed E-state index contributed by atoms with van der Waals surface area (Å²) in [6, 6.07) is 0. The summed E-state index contributed by atoms with van der Waals surface area (Å²) in [7, 11) is 0. The van der Waals surface area contributed by atoms with Crippen LogP contribution in [0.5, 0.6) is 0 Å². The van der Waals surface area contributed by atoms with Crippen molar-refractivity contribution in [3.8, 4) is 0 Å². The Bertz CT molecular complexity index is 152. The summed E-state index contributed by atoms with van der Waals surface area (Å²) in [5.74, 6) is 0.0118. The fourth-order valence-corrected chi connectivity index (χ4v) is 0.581. The van der Waals surface area contributed by atoms with E-state index in [2.05, 4.69) is 4.74 Å². The average molecular weight is 204 g/mol. The lowest BCUT2D eigenvalue weighted by Crippen LogP contribution is -1.99. The lowest BCUT2D eigenvalue weighted by molar-refractivity contribution is -0.137. The second-order valence-corrected chi connectivity index (χ2v) is 3.82. The van der Waals surface area contributed by atoms with Gasteiger partial charge in [-0.25, -0.2) is 0 Å². The van der Waals surface area contributed by atoms with Crippen LogP contribution < -0.4 is 0 Å². The second kappa shape index (κ2) is 10.0. The van der Waals surface area contributed by atoms with Gasteiger partial charge < -0.3 is 9.84 Å². The molecule has 0 aliphatic heterocycles. The third-order valence-corrected chi connectivity index (χ3v) is 1.08. The fourth-order valence-electron chi connectivity index (χ4n) is 0.581. The van der Waals surface area contributed by atoms with E-state index in [4.69, 9.17) is 5.11 Å².